The van der Waals surface area contributed by atoms with E-state index < -0.39 is 10.0 Å². The van der Waals surface area contributed by atoms with Gasteiger partial charge in [-0.25, -0.2) is 8.42 Å². The van der Waals surface area contributed by atoms with Crippen molar-refractivity contribution >= 4 is 62.1 Å². The second-order valence-electron chi connectivity index (χ2n) is 7.47. The highest BCUT2D eigenvalue weighted by Gasteiger charge is 2.28. The van der Waals surface area contributed by atoms with Crippen molar-refractivity contribution in [2.24, 2.45) is 0 Å². The molecule has 0 spiro atoms. The van der Waals surface area contributed by atoms with Gasteiger partial charge in [0.1, 0.15) is 6.54 Å². The number of carbonyl (C=O) groups is 2. The topological polar surface area (TPSA) is 86.8 Å². The highest BCUT2D eigenvalue weighted by molar-refractivity contribution is 7.92. The number of anilines is 3. The molecule has 0 saturated carbocycles. The number of sulfonamides is 1. The highest BCUT2D eigenvalue weighted by atomic mass is 35.5. The Morgan fingerprint density at radius 3 is 2.27 bits per heavy atom. The molecule has 3 aromatic rings. The molecule has 0 unspecified atom stereocenters. The molecular weight excluding hydrogens is 485 g/mol. The average molecular weight is 504 g/mol. The minimum absolute atomic E-state index is 0.0652. The normalized spacial score (nSPS) is 13.3. The maximum atomic E-state index is 13.1. The fourth-order valence-corrected chi connectivity index (χ4v) is 4.95. The van der Waals surface area contributed by atoms with Gasteiger partial charge in [-0.2, -0.15) is 0 Å². The van der Waals surface area contributed by atoms with Crippen molar-refractivity contribution in [3.8, 4) is 0 Å². The van der Waals surface area contributed by atoms with Crippen LogP contribution in [0.25, 0.3) is 0 Å². The number of amides is 2. The number of nitrogens with zero attached hydrogens (tertiary/aromatic N) is 2. The lowest BCUT2D eigenvalue weighted by Crippen LogP contribution is -2.42. The third-order valence-electron chi connectivity index (χ3n) is 5.18. The molecule has 0 bridgehead atoms. The summed E-state index contributed by atoms with van der Waals surface area (Å²) >= 11 is 12.5. The third kappa shape index (κ3) is 4.83. The third-order valence-corrected chi connectivity index (χ3v) is 7.03. The molecule has 2 amide bonds. The fourth-order valence-electron chi connectivity index (χ4n) is 3.57. The van der Waals surface area contributed by atoms with Crippen LogP contribution in [-0.2, 0) is 21.4 Å². The van der Waals surface area contributed by atoms with Crippen molar-refractivity contribution in [3.63, 3.8) is 0 Å². The predicted molar refractivity (Wildman–Crippen MR) is 131 cm³/mol. The fraction of sp³-hybridized carbons (Fsp3) is 0.130. The summed E-state index contributed by atoms with van der Waals surface area (Å²) in [5.74, 6) is -0.664. The molecule has 1 N–H and O–H groups in total. The van der Waals surface area contributed by atoms with E-state index in [0.717, 1.165) is 10.6 Å². The smallest absolute Gasteiger partial charge is 0.258 e. The number of para-hydroxylation sites is 2. The van der Waals surface area contributed by atoms with Crippen LogP contribution in [0.2, 0.25) is 10.0 Å². The van der Waals surface area contributed by atoms with Gasteiger partial charge in [0.25, 0.3) is 5.91 Å². The summed E-state index contributed by atoms with van der Waals surface area (Å²) in [6, 6.07) is 18.1. The molecule has 1 aliphatic rings. The zero-order valence-electron chi connectivity index (χ0n) is 17.5. The summed E-state index contributed by atoms with van der Waals surface area (Å²) in [6.45, 7) is -0.178. The molecule has 0 radical (unpaired) electrons. The molecule has 1 aliphatic heterocycles. The maximum absolute atomic E-state index is 13.1. The Kier molecular flexibility index (Phi) is 6.34. The van der Waals surface area contributed by atoms with Crippen LogP contribution in [0.15, 0.2) is 66.7 Å². The monoisotopic (exact) mass is 503 g/mol. The molecule has 0 aromatic heterocycles. The average Bonchev–Trinajstić information content (AvgIpc) is 2.77. The zero-order chi connectivity index (χ0) is 23.8. The minimum Gasteiger partial charge on any atom is -0.323 e. The lowest BCUT2D eigenvalue weighted by Gasteiger charge is -2.29. The zero-order valence-corrected chi connectivity index (χ0v) is 19.8. The van der Waals surface area contributed by atoms with Crippen LogP contribution in [0.4, 0.5) is 17.1 Å². The Hall–Kier alpha value is -3.07. The molecule has 7 nitrogen and oxygen atoms in total. The van der Waals surface area contributed by atoms with Gasteiger partial charge in [0.05, 0.1) is 29.9 Å². The van der Waals surface area contributed by atoms with Crippen molar-refractivity contribution < 1.29 is 18.0 Å². The van der Waals surface area contributed by atoms with Crippen molar-refractivity contribution in [1.29, 1.82) is 0 Å². The van der Waals surface area contributed by atoms with Crippen LogP contribution in [-0.4, -0.2) is 33.0 Å². The molecule has 33 heavy (non-hydrogen) atoms. The van der Waals surface area contributed by atoms with Gasteiger partial charge in [0.2, 0.25) is 15.9 Å². The largest absolute Gasteiger partial charge is 0.323 e. The molecule has 0 fully saturated rings. The van der Waals surface area contributed by atoms with Gasteiger partial charge < -0.3 is 5.32 Å². The summed E-state index contributed by atoms with van der Waals surface area (Å²) < 4.78 is 26.2. The molecule has 4 rings (SSSR count). The quantitative estimate of drug-likeness (QED) is 0.552. The van der Waals surface area contributed by atoms with Crippen LogP contribution < -0.4 is 14.5 Å². The van der Waals surface area contributed by atoms with Gasteiger partial charge >= 0.3 is 0 Å². The molecule has 3 aromatic carbocycles. The van der Waals surface area contributed by atoms with Gasteiger partial charge in [0, 0.05) is 21.2 Å². The summed E-state index contributed by atoms with van der Waals surface area (Å²) in [6.07, 6.45) is 1.08. The van der Waals surface area contributed by atoms with Gasteiger partial charge in [-0.3, -0.25) is 18.8 Å². The van der Waals surface area contributed by atoms with Crippen LogP contribution in [0.3, 0.4) is 0 Å². The number of carbonyl (C=O) groups excluding carboxylic acids is 2. The Morgan fingerprint density at radius 1 is 1.00 bits per heavy atom. The minimum atomic E-state index is -3.68. The molecule has 0 atom stereocenters. The van der Waals surface area contributed by atoms with Gasteiger partial charge in [-0.15, -0.1) is 0 Å². The van der Waals surface area contributed by atoms with Gasteiger partial charge in [-0.1, -0.05) is 41.4 Å². The second kappa shape index (κ2) is 9.05. The number of hydrogen-bond acceptors (Lipinski definition) is 4. The lowest BCUT2D eigenvalue weighted by molar-refractivity contribution is -0.115. The van der Waals surface area contributed by atoms with E-state index in [9.17, 15) is 18.0 Å². The number of hydrogen-bond donors (Lipinski definition) is 1. The van der Waals surface area contributed by atoms with E-state index in [0.29, 0.717) is 38.2 Å². The van der Waals surface area contributed by atoms with Crippen LogP contribution in [0.1, 0.15) is 15.9 Å². The van der Waals surface area contributed by atoms with Gasteiger partial charge in [0.15, 0.2) is 0 Å². The maximum Gasteiger partial charge on any atom is 0.258 e. The number of fused-ring (bicyclic) bond motifs is 1. The van der Waals surface area contributed by atoms with E-state index >= 15 is 0 Å². The van der Waals surface area contributed by atoms with E-state index in [4.69, 9.17) is 23.2 Å². The van der Waals surface area contributed by atoms with E-state index in [1.54, 1.807) is 42.5 Å². The standard InChI is InChI=1S/C23H19Cl2N3O4S/c1-33(31,32)28(13-17-18(24)5-4-6-19(17)25)16-11-9-15(10-12-16)23(30)27-14-22(29)26-20-7-2-3-8-21(20)27/h2-12H,13-14H2,1H3,(H,26,29). The highest BCUT2D eigenvalue weighted by Crippen LogP contribution is 2.32. The van der Waals surface area contributed by atoms with E-state index in [2.05, 4.69) is 5.32 Å². The van der Waals surface area contributed by atoms with Crippen LogP contribution >= 0.6 is 23.2 Å². The number of halogens is 2. The molecular formula is C23H19Cl2N3O4S. The number of rotatable bonds is 5. The van der Waals surface area contributed by atoms with Crippen molar-refractivity contribution in [3.05, 3.63) is 87.9 Å². The SMILES string of the molecule is CS(=O)(=O)N(Cc1c(Cl)cccc1Cl)c1ccc(C(=O)N2CC(=O)Nc3ccccc32)cc1. The second-order valence-corrected chi connectivity index (χ2v) is 10.2. The first-order valence-electron chi connectivity index (χ1n) is 9.86. The Labute approximate surface area is 201 Å². The summed E-state index contributed by atoms with van der Waals surface area (Å²) in [7, 11) is -3.68. The Bertz CT molecular complexity index is 1320. The van der Waals surface area contributed by atoms with Crippen molar-refractivity contribution in [2.45, 2.75) is 6.54 Å². The number of nitrogens with one attached hydrogen (secondary N) is 1. The summed E-state index contributed by atoms with van der Waals surface area (Å²) in [5.41, 5.74) is 2.28. The molecule has 0 saturated heterocycles. The van der Waals surface area contributed by atoms with Crippen molar-refractivity contribution in [1.82, 2.24) is 0 Å². The first-order chi connectivity index (χ1) is 15.6. The lowest BCUT2D eigenvalue weighted by atomic mass is 10.1. The Balaban J connectivity index is 1.64. The van der Waals surface area contributed by atoms with E-state index in [1.807, 2.05) is 0 Å². The van der Waals surface area contributed by atoms with Gasteiger partial charge in [-0.05, 0) is 48.5 Å². The first-order valence-corrected chi connectivity index (χ1v) is 12.5. The van der Waals surface area contributed by atoms with Crippen LogP contribution in [0.5, 0.6) is 0 Å². The Morgan fingerprint density at radius 2 is 1.64 bits per heavy atom. The molecule has 170 valence electrons. The predicted octanol–water partition coefficient (Wildman–Crippen LogP) is 4.56. The van der Waals surface area contributed by atoms with Crippen LogP contribution in [0, 0.1) is 0 Å². The number of benzene rings is 3. The first kappa shape index (κ1) is 23.1. The molecule has 10 heteroatoms. The van der Waals surface area contributed by atoms with Crippen molar-refractivity contribution in [2.75, 3.05) is 27.3 Å². The van der Waals surface area contributed by atoms with E-state index in [1.165, 1.54) is 29.2 Å². The molecule has 0 aliphatic carbocycles. The summed E-state index contributed by atoms with van der Waals surface area (Å²) in [4.78, 5) is 26.6. The van der Waals surface area contributed by atoms with E-state index in [-0.39, 0.29) is 24.9 Å². The summed E-state index contributed by atoms with van der Waals surface area (Å²) in [5, 5.41) is 3.45. The molecule has 1 heterocycles.